The van der Waals surface area contributed by atoms with E-state index in [1.165, 1.54) is 6.07 Å². The van der Waals surface area contributed by atoms with Crippen molar-refractivity contribution in [3.05, 3.63) is 79.1 Å². The highest BCUT2D eigenvalue weighted by atomic mass is 32.1. The number of morpholine rings is 1. The summed E-state index contributed by atoms with van der Waals surface area (Å²) in [7, 11) is 0. The molecule has 4 heterocycles. The number of aromatic hydroxyl groups is 1. The molecule has 2 aromatic heterocycles. The third-order valence-electron chi connectivity index (χ3n) is 8.49. The average molecular weight is 639 g/mol. The van der Waals surface area contributed by atoms with Gasteiger partial charge in [-0.25, -0.2) is 0 Å². The summed E-state index contributed by atoms with van der Waals surface area (Å²) >= 11 is 2.59. The molecule has 12 heteroatoms. The van der Waals surface area contributed by atoms with E-state index in [-0.39, 0.29) is 22.1 Å². The number of H-pyrrole nitrogens is 1. The lowest BCUT2D eigenvalue weighted by atomic mass is 9.89. The molecule has 6 rings (SSSR count). The van der Waals surface area contributed by atoms with E-state index in [4.69, 9.17) is 9.47 Å². The average Bonchev–Trinajstić information content (AvgIpc) is 3.64. The van der Waals surface area contributed by atoms with Crippen LogP contribution < -0.4 is 14.9 Å². The summed E-state index contributed by atoms with van der Waals surface area (Å²) in [6.07, 6.45) is 0.983. The number of hydrogen-bond acceptors (Lipinski definition) is 10. The first-order valence-corrected chi connectivity index (χ1v) is 16.6. The van der Waals surface area contributed by atoms with E-state index >= 15 is 0 Å². The highest BCUT2D eigenvalue weighted by molar-refractivity contribution is 7.16. The van der Waals surface area contributed by atoms with Gasteiger partial charge in [-0.3, -0.25) is 14.5 Å². The fourth-order valence-corrected chi connectivity index (χ4v) is 7.60. The Bertz CT molecular complexity index is 1640. The number of thiazole rings is 1. The summed E-state index contributed by atoms with van der Waals surface area (Å²) in [6, 6.07) is 13.0. The van der Waals surface area contributed by atoms with Gasteiger partial charge in [0.25, 0.3) is 5.91 Å². The lowest BCUT2D eigenvalue weighted by Crippen LogP contribution is -2.58. The number of benzene rings is 2. The smallest absolute Gasteiger partial charge is 0.305 e. The maximum atomic E-state index is 13.0. The van der Waals surface area contributed by atoms with Crippen LogP contribution in [0.1, 0.15) is 45.3 Å². The first-order chi connectivity index (χ1) is 21.3. The topological polar surface area (TPSA) is 127 Å². The van der Waals surface area contributed by atoms with Crippen LogP contribution in [0.4, 0.5) is 0 Å². The number of fused-ring (bicyclic) bond motifs is 1. The molecule has 0 bridgehead atoms. The zero-order valence-electron chi connectivity index (χ0n) is 24.7. The molecule has 1 atom stereocenters. The largest absolute Gasteiger partial charge is 0.506 e. The van der Waals surface area contributed by atoms with Gasteiger partial charge in [0, 0.05) is 55.1 Å². The molecule has 0 aliphatic carbocycles. The molecular formula is C32H38N4O6S2. The second kappa shape index (κ2) is 13.4. The Kier molecular flexibility index (Phi) is 9.36. The number of amides is 1. The lowest BCUT2D eigenvalue weighted by molar-refractivity contribution is -0.127. The second-order valence-electron chi connectivity index (χ2n) is 11.6. The van der Waals surface area contributed by atoms with Crippen molar-refractivity contribution in [3.63, 3.8) is 0 Å². The molecule has 4 N–H and O–H groups in total. The van der Waals surface area contributed by atoms with Crippen LogP contribution in [-0.2, 0) is 11.3 Å². The number of aromatic nitrogens is 1. The molecule has 1 unspecified atom stereocenters. The fourth-order valence-electron chi connectivity index (χ4n) is 6.00. The monoisotopic (exact) mass is 638 g/mol. The number of aliphatic hydroxyl groups excluding tert-OH is 1. The van der Waals surface area contributed by atoms with E-state index < -0.39 is 6.10 Å². The molecule has 2 saturated heterocycles. The number of rotatable bonds is 10. The van der Waals surface area contributed by atoms with Crippen LogP contribution in [-0.4, -0.2) is 89.0 Å². The Labute approximate surface area is 263 Å². The number of piperidine rings is 1. The summed E-state index contributed by atoms with van der Waals surface area (Å²) in [5.74, 6) is 0.915. The van der Waals surface area contributed by atoms with Crippen molar-refractivity contribution >= 4 is 38.8 Å². The Balaban J connectivity index is 0.910. The molecule has 0 saturated carbocycles. The predicted octanol–water partition coefficient (Wildman–Crippen LogP) is 3.87. The first-order valence-electron chi connectivity index (χ1n) is 14.9. The lowest BCUT2D eigenvalue weighted by Gasteiger charge is -2.47. The minimum absolute atomic E-state index is 0.00579. The van der Waals surface area contributed by atoms with Gasteiger partial charge >= 0.3 is 4.87 Å². The van der Waals surface area contributed by atoms with Crippen LogP contribution in [0.2, 0.25) is 0 Å². The third kappa shape index (κ3) is 7.01. The van der Waals surface area contributed by atoms with Gasteiger partial charge in [-0.1, -0.05) is 29.5 Å². The van der Waals surface area contributed by atoms with E-state index in [0.717, 1.165) is 65.6 Å². The number of likely N-dealkylation sites (tertiary alicyclic amines) is 1. The van der Waals surface area contributed by atoms with Gasteiger partial charge in [0.1, 0.15) is 23.6 Å². The van der Waals surface area contributed by atoms with Gasteiger partial charge in [0.05, 0.1) is 35.1 Å². The van der Waals surface area contributed by atoms with Crippen molar-refractivity contribution < 1.29 is 24.5 Å². The van der Waals surface area contributed by atoms with Gasteiger partial charge < -0.3 is 34.9 Å². The van der Waals surface area contributed by atoms with E-state index in [2.05, 4.69) is 15.2 Å². The van der Waals surface area contributed by atoms with Crippen LogP contribution in [0, 0.1) is 6.92 Å². The van der Waals surface area contributed by atoms with Gasteiger partial charge in [-0.15, -0.1) is 11.3 Å². The van der Waals surface area contributed by atoms with Crippen molar-refractivity contribution in [2.45, 2.75) is 38.0 Å². The standard InChI is InChI=1S/C32H38N4O6S2/c1-21-16-23(19-43-21)30(39)36-13-15-42-32(20-36)8-10-35(11-9-32)12-14-41-24-4-2-22(3-5-24)17-33-18-27(38)25-6-7-26(37)28-29(25)44-31(40)34-28/h2-7,16,19,27,33,37-38H,8-15,17-18,20H2,1H3,(H,34,40). The molecule has 1 spiro atoms. The molecule has 0 radical (unpaired) electrons. The molecule has 2 fully saturated rings. The highest BCUT2D eigenvalue weighted by Crippen LogP contribution is 2.32. The van der Waals surface area contributed by atoms with E-state index in [1.807, 2.05) is 47.5 Å². The van der Waals surface area contributed by atoms with Crippen molar-refractivity contribution in [2.24, 2.45) is 0 Å². The number of carbonyl (C=O) groups excluding carboxylic acids is 1. The molecule has 4 aromatic rings. The number of nitrogens with zero attached hydrogens (tertiary/aromatic N) is 2. The van der Waals surface area contributed by atoms with Gasteiger partial charge in [0.15, 0.2) is 0 Å². The Morgan fingerprint density at radius 2 is 1.98 bits per heavy atom. The van der Waals surface area contributed by atoms with E-state index in [0.29, 0.717) is 55.2 Å². The van der Waals surface area contributed by atoms with Crippen molar-refractivity contribution in [1.82, 2.24) is 20.1 Å². The molecule has 2 aromatic carbocycles. The molecule has 1 amide bonds. The van der Waals surface area contributed by atoms with Gasteiger partial charge in [-0.2, -0.15) is 0 Å². The molecule has 2 aliphatic heterocycles. The van der Waals surface area contributed by atoms with Crippen molar-refractivity contribution in [2.75, 3.05) is 52.5 Å². The highest BCUT2D eigenvalue weighted by Gasteiger charge is 2.41. The second-order valence-corrected chi connectivity index (χ2v) is 13.7. The van der Waals surface area contributed by atoms with Crippen LogP contribution in [0.25, 0.3) is 10.2 Å². The van der Waals surface area contributed by atoms with Crippen molar-refractivity contribution in [3.8, 4) is 11.5 Å². The number of phenolic OH excluding ortho intramolecular Hbond substituents is 1. The molecule has 2 aliphatic rings. The first kappa shape index (κ1) is 30.8. The van der Waals surface area contributed by atoms with Crippen LogP contribution in [0.5, 0.6) is 11.5 Å². The minimum atomic E-state index is -0.821. The quantitative estimate of drug-likeness (QED) is 0.206. The number of phenols is 1. The molecular weight excluding hydrogens is 601 g/mol. The number of hydrogen-bond donors (Lipinski definition) is 4. The maximum Gasteiger partial charge on any atom is 0.305 e. The fraction of sp³-hybridized carbons (Fsp3) is 0.438. The van der Waals surface area contributed by atoms with E-state index in [9.17, 15) is 19.8 Å². The van der Waals surface area contributed by atoms with Crippen LogP contribution in [0.3, 0.4) is 0 Å². The zero-order valence-corrected chi connectivity index (χ0v) is 26.3. The van der Waals surface area contributed by atoms with Crippen LogP contribution >= 0.6 is 22.7 Å². The number of ether oxygens (including phenoxy) is 2. The summed E-state index contributed by atoms with van der Waals surface area (Å²) in [5.41, 5.74) is 2.55. The predicted molar refractivity (Wildman–Crippen MR) is 172 cm³/mol. The number of aromatic amines is 1. The number of carbonyl (C=O) groups is 1. The van der Waals surface area contributed by atoms with Gasteiger partial charge in [-0.05, 0) is 49.6 Å². The van der Waals surface area contributed by atoms with E-state index in [1.54, 1.807) is 17.4 Å². The summed E-state index contributed by atoms with van der Waals surface area (Å²) in [6.45, 7) is 8.02. The van der Waals surface area contributed by atoms with Crippen molar-refractivity contribution in [1.29, 1.82) is 0 Å². The SMILES string of the molecule is Cc1cc(C(=O)N2CCOC3(CCN(CCOc4ccc(CNCC(O)c5ccc(O)c6[nH]c(=O)sc56)cc4)CC3)C2)cs1. The molecule has 10 nitrogen and oxygen atoms in total. The van der Waals surface area contributed by atoms with Gasteiger partial charge in [0.2, 0.25) is 0 Å². The molecule has 44 heavy (non-hydrogen) atoms. The number of nitrogens with one attached hydrogen (secondary N) is 2. The summed E-state index contributed by atoms with van der Waals surface area (Å²) < 4.78 is 12.8. The number of thiophene rings is 1. The Morgan fingerprint density at radius 1 is 1.18 bits per heavy atom. The summed E-state index contributed by atoms with van der Waals surface area (Å²) in [4.78, 5) is 32.6. The third-order valence-corrected chi connectivity index (χ3v) is 10.3. The summed E-state index contributed by atoms with van der Waals surface area (Å²) in [5, 5.41) is 25.9. The number of aliphatic hydroxyl groups is 1. The Hall–Kier alpha value is -3.26. The Morgan fingerprint density at radius 3 is 2.73 bits per heavy atom. The minimum Gasteiger partial charge on any atom is -0.506 e. The molecule has 234 valence electrons. The van der Waals surface area contributed by atoms with Crippen LogP contribution in [0.15, 0.2) is 52.6 Å². The number of aryl methyl sites for hydroxylation is 1. The zero-order chi connectivity index (χ0) is 30.7. The maximum absolute atomic E-state index is 13.0. The normalized spacial score (nSPS) is 17.7.